The van der Waals surface area contributed by atoms with Gasteiger partial charge in [-0.1, -0.05) is 20.3 Å². The molecule has 20 heavy (non-hydrogen) atoms. The second kappa shape index (κ2) is 7.62. The zero-order chi connectivity index (χ0) is 15.2. The molecule has 5 nitrogen and oxygen atoms in total. The SMILES string of the molecule is CCCC(C)(NCC(=O)N1CCCCC1CC)C(=O)O. The van der Waals surface area contributed by atoms with Gasteiger partial charge in [0.25, 0.3) is 0 Å². The van der Waals surface area contributed by atoms with Gasteiger partial charge in [-0.3, -0.25) is 14.9 Å². The summed E-state index contributed by atoms with van der Waals surface area (Å²) >= 11 is 0. The Morgan fingerprint density at radius 1 is 1.35 bits per heavy atom. The molecule has 2 unspecified atom stereocenters. The Morgan fingerprint density at radius 2 is 2.05 bits per heavy atom. The van der Waals surface area contributed by atoms with E-state index < -0.39 is 11.5 Å². The van der Waals surface area contributed by atoms with Crippen LogP contribution in [0, 0.1) is 0 Å². The standard InChI is InChI=1S/C15H28N2O3/c1-4-9-15(3,14(19)20)16-11-13(18)17-10-7-6-8-12(17)5-2/h12,16H,4-11H2,1-3H3,(H,19,20). The number of nitrogens with zero attached hydrogens (tertiary/aromatic N) is 1. The number of carbonyl (C=O) groups excluding carboxylic acids is 1. The first-order valence-electron chi connectivity index (χ1n) is 7.72. The lowest BCUT2D eigenvalue weighted by Crippen LogP contribution is -2.54. The van der Waals surface area contributed by atoms with Crippen molar-refractivity contribution >= 4 is 11.9 Å². The molecule has 0 bridgehead atoms. The lowest BCUT2D eigenvalue weighted by molar-refractivity contribution is -0.145. The summed E-state index contributed by atoms with van der Waals surface area (Å²) in [6.07, 6.45) is 5.55. The van der Waals surface area contributed by atoms with Gasteiger partial charge in [0.15, 0.2) is 0 Å². The van der Waals surface area contributed by atoms with Gasteiger partial charge in [0, 0.05) is 12.6 Å². The van der Waals surface area contributed by atoms with Gasteiger partial charge in [-0.15, -0.1) is 0 Å². The van der Waals surface area contributed by atoms with Crippen LogP contribution in [0.3, 0.4) is 0 Å². The molecule has 0 radical (unpaired) electrons. The van der Waals surface area contributed by atoms with E-state index >= 15 is 0 Å². The summed E-state index contributed by atoms with van der Waals surface area (Å²) in [5.74, 6) is -0.863. The Balaban J connectivity index is 2.58. The number of rotatable bonds is 7. The third-order valence-corrected chi connectivity index (χ3v) is 4.27. The van der Waals surface area contributed by atoms with Gasteiger partial charge in [0.05, 0.1) is 6.54 Å². The number of nitrogens with one attached hydrogen (secondary N) is 1. The molecule has 1 amide bonds. The molecular formula is C15H28N2O3. The molecule has 1 aliphatic rings. The summed E-state index contributed by atoms with van der Waals surface area (Å²) in [6.45, 7) is 6.61. The van der Waals surface area contributed by atoms with Crippen molar-refractivity contribution in [2.24, 2.45) is 0 Å². The van der Waals surface area contributed by atoms with Crippen LogP contribution in [0.2, 0.25) is 0 Å². The summed E-state index contributed by atoms with van der Waals surface area (Å²) in [5, 5.41) is 12.2. The van der Waals surface area contributed by atoms with Crippen LogP contribution in [-0.4, -0.2) is 46.6 Å². The second-order valence-corrected chi connectivity index (χ2v) is 5.89. The smallest absolute Gasteiger partial charge is 0.323 e. The van der Waals surface area contributed by atoms with Gasteiger partial charge in [0.2, 0.25) is 5.91 Å². The van der Waals surface area contributed by atoms with Crippen LogP contribution in [0.4, 0.5) is 0 Å². The maximum Gasteiger partial charge on any atom is 0.323 e. The number of hydrogen-bond donors (Lipinski definition) is 2. The highest BCUT2D eigenvalue weighted by atomic mass is 16.4. The fourth-order valence-corrected chi connectivity index (χ4v) is 2.90. The van der Waals surface area contributed by atoms with Crippen molar-refractivity contribution in [1.82, 2.24) is 10.2 Å². The molecule has 0 aromatic carbocycles. The molecule has 0 saturated carbocycles. The molecule has 2 atom stereocenters. The molecule has 1 rings (SSSR count). The molecule has 5 heteroatoms. The van der Waals surface area contributed by atoms with E-state index in [1.165, 1.54) is 6.42 Å². The van der Waals surface area contributed by atoms with E-state index in [9.17, 15) is 14.7 Å². The molecule has 0 aromatic heterocycles. The summed E-state index contributed by atoms with van der Waals surface area (Å²) in [4.78, 5) is 25.6. The van der Waals surface area contributed by atoms with Crippen LogP contribution < -0.4 is 5.32 Å². The zero-order valence-electron chi connectivity index (χ0n) is 12.9. The van der Waals surface area contributed by atoms with Crippen LogP contribution in [0.15, 0.2) is 0 Å². The van der Waals surface area contributed by atoms with Crippen LogP contribution in [0.1, 0.15) is 59.3 Å². The van der Waals surface area contributed by atoms with Crippen molar-refractivity contribution < 1.29 is 14.7 Å². The minimum Gasteiger partial charge on any atom is -0.480 e. The molecule has 1 saturated heterocycles. The first kappa shape index (κ1) is 17.0. The van der Waals surface area contributed by atoms with E-state index in [2.05, 4.69) is 12.2 Å². The fraction of sp³-hybridized carbons (Fsp3) is 0.867. The van der Waals surface area contributed by atoms with Crippen molar-refractivity contribution in [2.75, 3.05) is 13.1 Å². The first-order valence-corrected chi connectivity index (χ1v) is 7.72. The Bertz CT molecular complexity index is 346. The van der Waals surface area contributed by atoms with Gasteiger partial charge in [-0.05, 0) is 39.0 Å². The average molecular weight is 284 g/mol. The van der Waals surface area contributed by atoms with Crippen LogP contribution in [0.5, 0.6) is 0 Å². The number of amides is 1. The van der Waals surface area contributed by atoms with Crippen LogP contribution in [-0.2, 0) is 9.59 Å². The van der Waals surface area contributed by atoms with E-state index in [-0.39, 0.29) is 12.5 Å². The molecule has 1 aliphatic heterocycles. The predicted molar refractivity (Wildman–Crippen MR) is 78.6 cm³/mol. The first-order chi connectivity index (χ1) is 9.44. The molecule has 0 spiro atoms. The topological polar surface area (TPSA) is 69.6 Å². The fourth-order valence-electron chi connectivity index (χ4n) is 2.90. The highest BCUT2D eigenvalue weighted by Gasteiger charge is 2.33. The Kier molecular flexibility index (Phi) is 6.46. The minimum atomic E-state index is -1.01. The van der Waals surface area contributed by atoms with E-state index in [4.69, 9.17) is 0 Å². The molecule has 1 heterocycles. The lowest BCUT2D eigenvalue weighted by atomic mass is 9.96. The van der Waals surface area contributed by atoms with Crippen molar-refractivity contribution in [1.29, 1.82) is 0 Å². The van der Waals surface area contributed by atoms with Gasteiger partial charge >= 0.3 is 5.97 Å². The minimum absolute atomic E-state index is 0.0279. The highest BCUT2D eigenvalue weighted by molar-refractivity contribution is 5.82. The van der Waals surface area contributed by atoms with Crippen LogP contribution >= 0.6 is 0 Å². The van der Waals surface area contributed by atoms with Crippen molar-refractivity contribution in [3.63, 3.8) is 0 Å². The van der Waals surface area contributed by atoms with Gasteiger partial charge in [-0.2, -0.15) is 0 Å². The van der Waals surface area contributed by atoms with E-state index in [0.29, 0.717) is 12.5 Å². The number of aliphatic carboxylic acids is 1. The molecule has 1 fully saturated rings. The van der Waals surface area contributed by atoms with Gasteiger partial charge in [-0.25, -0.2) is 0 Å². The molecule has 0 aromatic rings. The summed E-state index contributed by atoms with van der Waals surface area (Å²) < 4.78 is 0. The molecule has 0 aliphatic carbocycles. The quantitative estimate of drug-likeness (QED) is 0.750. The van der Waals surface area contributed by atoms with E-state index in [1.807, 2.05) is 11.8 Å². The second-order valence-electron chi connectivity index (χ2n) is 5.89. The average Bonchev–Trinajstić information content (AvgIpc) is 2.44. The van der Waals surface area contributed by atoms with Crippen molar-refractivity contribution in [3.05, 3.63) is 0 Å². The lowest BCUT2D eigenvalue weighted by Gasteiger charge is -2.36. The Hall–Kier alpha value is -1.10. The normalized spacial score (nSPS) is 22.4. The maximum absolute atomic E-state index is 12.3. The summed E-state index contributed by atoms with van der Waals surface area (Å²) in [7, 11) is 0. The van der Waals surface area contributed by atoms with Crippen LogP contribution in [0.25, 0.3) is 0 Å². The number of carboxylic acid groups (broad SMARTS) is 1. The van der Waals surface area contributed by atoms with Crippen molar-refractivity contribution in [2.45, 2.75) is 70.9 Å². The number of piperidine rings is 1. The third kappa shape index (κ3) is 4.20. The Morgan fingerprint density at radius 3 is 2.60 bits per heavy atom. The number of hydrogen-bond acceptors (Lipinski definition) is 3. The number of likely N-dealkylation sites (tertiary alicyclic amines) is 1. The van der Waals surface area contributed by atoms with Gasteiger partial charge in [0.1, 0.15) is 5.54 Å². The molecule has 2 N–H and O–H groups in total. The van der Waals surface area contributed by atoms with E-state index in [0.717, 1.165) is 32.2 Å². The van der Waals surface area contributed by atoms with Gasteiger partial charge < -0.3 is 10.0 Å². The Labute approximate surface area is 121 Å². The summed E-state index contributed by atoms with van der Waals surface area (Å²) in [5.41, 5.74) is -1.01. The molecule has 116 valence electrons. The number of carbonyl (C=O) groups is 2. The maximum atomic E-state index is 12.3. The molecular weight excluding hydrogens is 256 g/mol. The number of carboxylic acids is 1. The highest BCUT2D eigenvalue weighted by Crippen LogP contribution is 2.20. The van der Waals surface area contributed by atoms with Crippen molar-refractivity contribution in [3.8, 4) is 0 Å². The largest absolute Gasteiger partial charge is 0.480 e. The monoisotopic (exact) mass is 284 g/mol. The predicted octanol–water partition coefficient (Wildman–Crippen LogP) is 2.01. The third-order valence-electron chi connectivity index (χ3n) is 4.27. The zero-order valence-corrected chi connectivity index (χ0v) is 12.9. The van der Waals surface area contributed by atoms with E-state index in [1.54, 1.807) is 6.92 Å². The summed E-state index contributed by atoms with van der Waals surface area (Å²) in [6, 6.07) is 0.320.